The maximum Gasteiger partial charge on any atom is 1.00 e. The quantitative estimate of drug-likeness (QED) is 0.243. The molecule has 0 radical (unpaired) electrons. The van der Waals surface area contributed by atoms with Gasteiger partial charge in [-0.25, -0.2) is 0 Å². The van der Waals surface area contributed by atoms with Gasteiger partial charge in [0.2, 0.25) is 10.9 Å². The third-order valence-corrected chi connectivity index (χ3v) is 1.28. The van der Waals surface area contributed by atoms with Gasteiger partial charge in [-0.05, 0) is 12.1 Å². The van der Waals surface area contributed by atoms with Crippen molar-refractivity contribution in [2.24, 2.45) is 10.3 Å². The number of hydrogen-bond acceptors (Lipinski definition) is 6. The maximum absolute atomic E-state index is 10.9. The Hall–Kier alpha value is -0.980. The predicted molar refractivity (Wildman–Crippen MR) is 36.1 cm³/mol. The summed E-state index contributed by atoms with van der Waals surface area (Å²) in [6.07, 6.45) is 0. The number of benzene rings is 1. The molecule has 7 heteroatoms. The second kappa shape index (κ2) is 4.90. The fourth-order valence-corrected chi connectivity index (χ4v) is 0.716. The van der Waals surface area contributed by atoms with Gasteiger partial charge in [-0.15, -0.1) is 0 Å². The summed E-state index contributed by atoms with van der Waals surface area (Å²) in [5.41, 5.74) is -1.61. The molecule has 0 amide bonds. The Kier molecular flexibility index (Phi) is 4.53. The van der Waals surface area contributed by atoms with E-state index in [4.69, 9.17) is 10.4 Å². The third kappa shape index (κ3) is 2.24. The van der Waals surface area contributed by atoms with Crippen molar-refractivity contribution in [2.75, 3.05) is 0 Å². The first-order chi connectivity index (χ1) is 5.70. The summed E-state index contributed by atoms with van der Waals surface area (Å²) in [6.45, 7) is 0. The molecule has 0 aromatic heterocycles. The van der Waals surface area contributed by atoms with E-state index < -0.39 is 16.2 Å². The third-order valence-electron chi connectivity index (χ3n) is 1.28. The zero-order chi connectivity index (χ0) is 9.14. The van der Waals surface area contributed by atoms with Crippen LogP contribution in [0.2, 0.25) is 0 Å². The SMILES string of the molecule is O=c1cc/c(=N/O)c(=O)/c1=N/O.[Na+]. The number of rotatable bonds is 0. The molecule has 1 aromatic rings. The summed E-state index contributed by atoms with van der Waals surface area (Å²) in [5.74, 6) is 0. The van der Waals surface area contributed by atoms with E-state index in [1.807, 2.05) is 0 Å². The van der Waals surface area contributed by atoms with Crippen molar-refractivity contribution in [3.8, 4) is 0 Å². The maximum atomic E-state index is 10.9. The van der Waals surface area contributed by atoms with Gasteiger partial charge in [0.15, 0.2) is 10.7 Å². The predicted octanol–water partition coefficient (Wildman–Crippen LogP) is -5.13. The van der Waals surface area contributed by atoms with Gasteiger partial charge in [0.25, 0.3) is 0 Å². The van der Waals surface area contributed by atoms with Crippen LogP contribution in [-0.2, 0) is 0 Å². The summed E-state index contributed by atoms with van der Waals surface area (Å²) >= 11 is 0. The molecule has 0 saturated carbocycles. The molecule has 0 aliphatic rings. The van der Waals surface area contributed by atoms with Crippen LogP contribution in [0.15, 0.2) is 32.0 Å². The van der Waals surface area contributed by atoms with Crippen LogP contribution >= 0.6 is 0 Å². The van der Waals surface area contributed by atoms with Gasteiger partial charge in [-0.3, -0.25) is 9.59 Å². The summed E-state index contributed by atoms with van der Waals surface area (Å²) in [4.78, 5) is 21.7. The molecular formula is C6H4N2NaO4+. The van der Waals surface area contributed by atoms with Crippen molar-refractivity contribution in [1.82, 2.24) is 0 Å². The van der Waals surface area contributed by atoms with E-state index in [9.17, 15) is 9.59 Å². The minimum absolute atomic E-state index is 0. The van der Waals surface area contributed by atoms with Crippen LogP contribution in [-0.4, -0.2) is 10.4 Å². The Morgan fingerprint density at radius 1 is 1.08 bits per heavy atom. The number of nitrogens with zero attached hydrogens (tertiary/aromatic N) is 2. The minimum atomic E-state index is -0.896. The van der Waals surface area contributed by atoms with Crippen LogP contribution in [0.1, 0.15) is 0 Å². The summed E-state index contributed by atoms with van der Waals surface area (Å²) in [6, 6.07) is 2.02. The Labute approximate surface area is 93.5 Å². The van der Waals surface area contributed by atoms with Gasteiger partial charge in [0.05, 0.1) is 0 Å². The topological polar surface area (TPSA) is 99.3 Å². The average molecular weight is 191 g/mol. The molecule has 0 spiro atoms. The largest absolute Gasteiger partial charge is 1.00 e. The standard InChI is InChI=1S/C6H4N2O4.Na/c9-4-2-1-3(7-11)6(10)5(4)8-12;/h1-2,11-12H;/q;+1/b7-3-,8-5+;. The van der Waals surface area contributed by atoms with Crippen molar-refractivity contribution < 1.29 is 40.0 Å². The van der Waals surface area contributed by atoms with Crippen molar-refractivity contribution in [2.45, 2.75) is 0 Å². The molecule has 1 aromatic carbocycles. The summed E-state index contributed by atoms with van der Waals surface area (Å²) < 4.78 is 0. The summed E-state index contributed by atoms with van der Waals surface area (Å²) in [7, 11) is 0. The molecule has 62 valence electrons. The van der Waals surface area contributed by atoms with Gasteiger partial charge in [-0.2, -0.15) is 0 Å². The Morgan fingerprint density at radius 3 is 2.15 bits per heavy atom. The molecule has 0 fully saturated rings. The minimum Gasteiger partial charge on any atom is -0.410 e. The van der Waals surface area contributed by atoms with Crippen LogP contribution in [0.5, 0.6) is 0 Å². The molecule has 13 heavy (non-hydrogen) atoms. The van der Waals surface area contributed by atoms with E-state index >= 15 is 0 Å². The fraction of sp³-hybridized carbons (Fsp3) is 0. The second-order valence-electron chi connectivity index (χ2n) is 1.96. The van der Waals surface area contributed by atoms with E-state index in [0.717, 1.165) is 12.1 Å². The molecule has 0 bridgehead atoms. The Bertz CT molecular complexity index is 501. The van der Waals surface area contributed by atoms with Gasteiger partial charge in [0.1, 0.15) is 0 Å². The van der Waals surface area contributed by atoms with Gasteiger partial charge < -0.3 is 10.4 Å². The molecule has 0 saturated heterocycles. The van der Waals surface area contributed by atoms with Gasteiger partial charge >= 0.3 is 29.6 Å². The fourth-order valence-electron chi connectivity index (χ4n) is 0.716. The number of hydrogen-bond donors (Lipinski definition) is 2. The normalized spacial score (nSPS) is 12.6. The first-order valence-electron chi connectivity index (χ1n) is 2.92. The van der Waals surface area contributed by atoms with Crippen LogP contribution in [0, 0.1) is 0 Å². The van der Waals surface area contributed by atoms with E-state index in [0.29, 0.717) is 0 Å². The smallest absolute Gasteiger partial charge is 0.410 e. The van der Waals surface area contributed by atoms with Crippen molar-refractivity contribution in [3.63, 3.8) is 0 Å². The van der Waals surface area contributed by atoms with Gasteiger partial charge in [0, 0.05) is 0 Å². The molecule has 2 N–H and O–H groups in total. The van der Waals surface area contributed by atoms with Crippen molar-refractivity contribution in [1.29, 1.82) is 0 Å². The first kappa shape index (κ1) is 12.0. The van der Waals surface area contributed by atoms with E-state index in [-0.39, 0.29) is 34.9 Å². The molecule has 0 unspecified atom stereocenters. The second-order valence-corrected chi connectivity index (χ2v) is 1.96. The zero-order valence-corrected chi connectivity index (χ0v) is 8.76. The van der Waals surface area contributed by atoms with E-state index in [1.165, 1.54) is 0 Å². The average Bonchev–Trinajstić information content (AvgIpc) is 2.06. The first-order valence-corrected chi connectivity index (χ1v) is 2.92. The zero-order valence-electron chi connectivity index (χ0n) is 6.76. The van der Waals surface area contributed by atoms with Gasteiger partial charge in [-0.1, -0.05) is 10.3 Å². The van der Waals surface area contributed by atoms with Crippen LogP contribution < -0.4 is 51.1 Å². The van der Waals surface area contributed by atoms with Crippen LogP contribution in [0.3, 0.4) is 0 Å². The van der Waals surface area contributed by atoms with Crippen LogP contribution in [0.4, 0.5) is 0 Å². The summed E-state index contributed by atoms with van der Waals surface area (Å²) in [5, 5.41) is 20.6. The van der Waals surface area contributed by atoms with E-state index in [2.05, 4.69) is 10.3 Å². The molecule has 0 heterocycles. The van der Waals surface area contributed by atoms with Crippen molar-refractivity contribution in [3.05, 3.63) is 43.3 Å². The van der Waals surface area contributed by atoms with E-state index in [1.54, 1.807) is 0 Å². The molecular weight excluding hydrogens is 187 g/mol. The molecule has 1 rings (SSSR count). The Morgan fingerprint density at radius 2 is 1.69 bits per heavy atom. The Balaban J connectivity index is 0.00000144. The van der Waals surface area contributed by atoms with Crippen molar-refractivity contribution >= 4 is 0 Å². The van der Waals surface area contributed by atoms with Crippen LogP contribution in [0.25, 0.3) is 0 Å². The molecule has 6 nitrogen and oxygen atoms in total. The monoisotopic (exact) mass is 191 g/mol. The molecule has 0 aliphatic heterocycles. The molecule has 0 aliphatic carbocycles. The molecule has 0 atom stereocenters.